The van der Waals surface area contributed by atoms with E-state index in [-0.39, 0.29) is 11.6 Å². The first-order chi connectivity index (χ1) is 12.6. The van der Waals surface area contributed by atoms with Gasteiger partial charge in [0.25, 0.3) is 5.91 Å². The standard InChI is InChI=1S/C21H22FN3O2/c1-13-15-9-6-7-10-16(15)25(14(2)26)21(13,19(27)24-20(3,4)5)17-11-8-12-18(22)23-17/h6-12H,1H2,2-5H3,(H,24,27). The highest BCUT2D eigenvalue weighted by Crippen LogP contribution is 2.52. The van der Waals surface area contributed by atoms with Crippen LogP contribution in [-0.2, 0) is 15.1 Å². The number of carbonyl (C=O) groups is 2. The number of anilines is 1. The minimum atomic E-state index is -1.66. The minimum absolute atomic E-state index is 0.112. The molecule has 2 aromatic rings. The summed E-state index contributed by atoms with van der Waals surface area (Å²) in [5, 5.41) is 2.91. The maximum absolute atomic E-state index is 14.0. The molecule has 1 aliphatic rings. The summed E-state index contributed by atoms with van der Waals surface area (Å²) in [5.74, 6) is -1.58. The van der Waals surface area contributed by atoms with E-state index in [9.17, 15) is 14.0 Å². The predicted octanol–water partition coefficient (Wildman–Crippen LogP) is 3.41. The molecule has 0 saturated carbocycles. The van der Waals surface area contributed by atoms with E-state index in [0.29, 0.717) is 16.8 Å². The molecule has 1 aromatic carbocycles. The highest BCUT2D eigenvalue weighted by molar-refractivity contribution is 6.17. The molecule has 2 amide bonds. The fraction of sp³-hybridized carbons (Fsp3) is 0.286. The summed E-state index contributed by atoms with van der Waals surface area (Å²) in [7, 11) is 0. The van der Waals surface area contributed by atoms with Gasteiger partial charge in [0.05, 0.1) is 11.4 Å². The second-order valence-electron chi connectivity index (χ2n) is 7.61. The predicted molar refractivity (Wildman–Crippen MR) is 102 cm³/mol. The van der Waals surface area contributed by atoms with Crippen LogP contribution in [0.5, 0.6) is 0 Å². The van der Waals surface area contributed by atoms with Gasteiger partial charge < -0.3 is 5.32 Å². The fourth-order valence-electron chi connectivity index (χ4n) is 3.51. The summed E-state index contributed by atoms with van der Waals surface area (Å²) in [6.45, 7) is 11.0. The van der Waals surface area contributed by atoms with Gasteiger partial charge in [-0.3, -0.25) is 14.5 Å². The molecular formula is C21H22FN3O2. The quantitative estimate of drug-likeness (QED) is 0.828. The Kier molecular flexibility index (Phi) is 4.38. The molecule has 0 fully saturated rings. The van der Waals surface area contributed by atoms with Crippen molar-refractivity contribution < 1.29 is 14.0 Å². The number of amides is 2. The van der Waals surface area contributed by atoms with Crippen molar-refractivity contribution in [1.29, 1.82) is 0 Å². The Bertz CT molecular complexity index is 948. The SMILES string of the molecule is C=C1c2ccccc2N(C(C)=O)C1(C(=O)NC(C)(C)C)c1cccc(F)n1. The summed E-state index contributed by atoms with van der Waals surface area (Å²) >= 11 is 0. The van der Waals surface area contributed by atoms with Crippen LogP contribution in [0.4, 0.5) is 10.1 Å². The molecule has 1 N–H and O–H groups in total. The zero-order valence-corrected chi connectivity index (χ0v) is 15.8. The lowest BCUT2D eigenvalue weighted by molar-refractivity contribution is -0.129. The number of aromatic nitrogens is 1. The summed E-state index contributed by atoms with van der Waals surface area (Å²) in [4.78, 5) is 31.6. The zero-order chi connectivity index (χ0) is 20.0. The van der Waals surface area contributed by atoms with Crippen LogP contribution in [-0.4, -0.2) is 22.3 Å². The molecule has 0 spiro atoms. The Morgan fingerprint density at radius 2 is 1.81 bits per heavy atom. The van der Waals surface area contributed by atoms with E-state index < -0.39 is 22.9 Å². The molecule has 6 heteroatoms. The van der Waals surface area contributed by atoms with Crippen molar-refractivity contribution in [2.75, 3.05) is 4.90 Å². The van der Waals surface area contributed by atoms with Gasteiger partial charge >= 0.3 is 0 Å². The first kappa shape index (κ1) is 18.8. The van der Waals surface area contributed by atoms with Gasteiger partial charge in [0, 0.05) is 18.0 Å². The molecule has 1 unspecified atom stereocenters. The number of nitrogens with zero attached hydrogens (tertiary/aromatic N) is 2. The van der Waals surface area contributed by atoms with Crippen molar-refractivity contribution in [2.45, 2.75) is 38.8 Å². The average molecular weight is 367 g/mol. The Morgan fingerprint density at radius 1 is 1.15 bits per heavy atom. The highest BCUT2D eigenvalue weighted by Gasteiger charge is 2.57. The van der Waals surface area contributed by atoms with Crippen molar-refractivity contribution in [3.05, 3.63) is 66.2 Å². The van der Waals surface area contributed by atoms with Gasteiger partial charge in [-0.15, -0.1) is 0 Å². The van der Waals surface area contributed by atoms with Gasteiger partial charge in [0.2, 0.25) is 11.9 Å². The number of hydrogen-bond acceptors (Lipinski definition) is 3. The molecule has 0 aliphatic carbocycles. The number of carbonyl (C=O) groups excluding carboxylic acids is 2. The number of para-hydroxylation sites is 1. The van der Waals surface area contributed by atoms with Crippen LogP contribution in [0, 0.1) is 5.95 Å². The largest absolute Gasteiger partial charge is 0.349 e. The van der Waals surface area contributed by atoms with Crippen LogP contribution in [0.15, 0.2) is 49.0 Å². The normalized spacial score (nSPS) is 19.0. The lowest BCUT2D eigenvalue weighted by Gasteiger charge is -2.39. The number of benzene rings is 1. The highest BCUT2D eigenvalue weighted by atomic mass is 19.1. The monoisotopic (exact) mass is 367 g/mol. The number of fused-ring (bicyclic) bond motifs is 1. The van der Waals surface area contributed by atoms with E-state index in [2.05, 4.69) is 16.9 Å². The van der Waals surface area contributed by atoms with Crippen LogP contribution in [0.3, 0.4) is 0 Å². The van der Waals surface area contributed by atoms with E-state index in [1.54, 1.807) is 30.3 Å². The second kappa shape index (κ2) is 6.30. The third-order valence-corrected chi connectivity index (χ3v) is 4.46. The third-order valence-electron chi connectivity index (χ3n) is 4.46. The summed E-state index contributed by atoms with van der Waals surface area (Å²) in [5.41, 5.74) is -0.540. The van der Waals surface area contributed by atoms with E-state index in [4.69, 9.17) is 0 Å². The smallest absolute Gasteiger partial charge is 0.257 e. The fourth-order valence-corrected chi connectivity index (χ4v) is 3.51. The van der Waals surface area contributed by atoms with E-state index in [0.717, 1.165) is 0 Å². The molecule has 3 rings (SSSR count). The maximum Gasteiger partial charge on any atom is 0.257 e. The number of rotatable bonds is 2. The third kappa shape index (κ3) is 2.91. The number of nitrogens with one attached hydrogen (secondary N) is 1. The van der Waals surface area contributed by atoms with Crippen LogP contribution in [0.1, 0.15) is 39.0 Å². The molecule has 0 saturated heterocycles. The number of pyridine rings is 1. The molecule has 1 aliphatic heterocycles. The van der Waals surface area contributed by atoms with Crippen molar-refractivity contribution >= 4 is 23.1 Å². The Morgan fingerprint density at radius 3 is 2.41 bits per heavy atom. The van der Waals surface area contributed by atoms with Gasteiger partial charge in [-0.2, -0.15) is 4.39 Å². The van der Waals surface area contributed by atoms with Crippen LogP contribution in [0.2, 0.25) is 0 Å². The molecule has 2 heterocycles. The van der Waals surface area contributed by atoms with E-state index in [1.807, 2.05) is 20.8 Å². The molecule has 5 nitrogen and oxygen atoms in total. The molecule has 0 radical (unpaired) electrons. The zero-order valence-electron chi connectivity index (χ0n) is 15.8. The minimum Gasteiger partial charge on any atom is -0.349 e. The maximum atomic E-state index is 14.0. The summed E-state index contributed by atoms with van der Waals surface area (Å²) in [6.07, 6.45) is 0. The van der Waals surface area contributed by atoms with Crippen molar-refractivity contribution in [3.63, 3.8) is 0 Å². The van der Waals surface area contributed by atoms with Crippen molar-refractivity contribution in [2.24, 2.45) is 0 Å². The van der Waals surface area contributed by atoms with Crippen LogP contribution >= 0.6 is 0 Å². The Labute approximate surface area is 157 Å². The topological polar surface area (TPSA) is 62.3 Å². The van der Waals surface area contributed by atoms with Gasteiger partial charge in [0.15, 0.2) is 5.54 Å². The molecule has 27 heavy (non-hydrogen) atoms. The van der Waals surface area contributed by atoms with Crippen molar-refractivity contribution in [1.82, 2.24) is 10.3 Å². The lowest BCUT2D eigenvalue weighted by atomic mass is 9.83. The molecule has 1 aromatic heterocycles. The van der Waals surface area contributed by atoms with E-state index >= 15 is 0 Å². The van der Waals surface area contributed by atoms with Crippen LogP contribution in [0.25, 0.3) is 5.57 Å². The summed E-state index contributed by atoms with van der Waals surface area (Å²) < 4.78 is 14.0. The van der Waals surface area contributed by atoms with Crippen molar-refractivity contribution in [3.8, 4) is 0 Å². The van der Waals surface area contributed by atoms with Gasteiger partial charge in [-0.1, -0.05) is 30.8 Å². The Balaban J connectivity index is 2.35. The lowest BCUT2D eigenvalue weighted by Crippen LogP contribution is -2.59. The number of halogens is 1. The van der Waals surface area contributed by atoms with Gasteiger partial charge in [0.1, 0.15) is 0 Å². The first-order valence-corrected chi connectivity index (χ1v) is 8.64. The molecule has 0 bridgehead atoms. The summed E-state index contributed by atoms with van der Waals surface area (Å²) in [6, 6.07) is 11.3. The molecule has 1 atom stereocenters. The average Bonchev–Trinajstić information content (AvgIpc) is 2.84. The molecular weight excluding hydrogens is 345 g/mol. The first-order valence-electron chi connectivity index (χ1n) is 8.64. The van der Waals surface area contributed by atoms with Crippen LogP contribution < -0.4 is 10.2 Å². The molecule has 140 valence electrons. The van der Waals surface area contributed by atoms with Gasteiger partial charge in [-0.25, -0.2) is 4.98 Å². The van der Waals surface area contributed by atoms with E-state index in [1.165, 1.54) is 24.0 Å². The Hall–Kier alpha value is -3.02. The number of hydrogen-bond donors (Lipinski definition) is 1. The second-order valence-corrected chi connectivity index (χ2v) is 7.61. The van der Waals surface area contributed by atoms with Gasteiger partial charge in [-0.05, 0) is 44.5 Å².